The minimum atomic E-state index is 0.565. The SMILES string of the molecule is CCC1CCCC(OC2CCCCC2I)C1. The van der Waals surface area contributed by atoms with E-state index in [4.69, 9.17) is 4.74 Å². The summed E-state index contributed by atoms with van der Waals surface area (Å²) < 4.78 is 7.14. The number of ether oxygens (including phenoxy) is 1. The summed E-state index contributed by atoms with van der Waals surface area (Å²) in [7, 11) is 0. The normalized spacial score (nSPS) is 40.9. The molecule has 0 aliphatic heterocycles. The molecule has 2 fully saturated rings. The van der Waals surface area contributed by atoms with E-state index in [1.807, 2.05) is 0 Å². The quantitative estimate of drug-likeness (QED) is 0.535. The van der Waals surface area contributed by atoms with Gasteiger partial charge in [0.15, 0.2) is 0 Å². The average Bonchev–Trinajstić information content (AvgIpc) is 2.32. The zero-order chi connectivity index (χ0) is 11.4. The van der Waals surface area contributed by atoms with Gasteiger partial charge < -0.3 is 4.74 Å². The molecule has 0 aromatic carbocycles. The first-order chi connectivity index (χ1) is 7.79. The Labute approximate surface area is 114 Å². The second-order valence-electron chi connectivity index (χ2n) is 5.54. The van der Waals surface area contributed by atoms with Crippen LogP contribution in [0.4, 0.5) is 0 Å². The summed E-state index contributed by atoms with van der Waals surface area (Å²) in [6, 6.07) is 0. The Morgan fingerprint density at radius 2 is 1.88 bits per heavy atom. The molecule has 2 rings (SSSR count). The lowest BCUT2D eigenvalue weighted by molar-refractivity contribution is -0.0493. The Kier molecular flexibility index (Phi) is 5.40. The van der Waals surface area contributed by atoms with Gasteiger partial charge in [-0.15, -0.1) is 0 Å². The first-order valence-corrected chi connectivity index (χ1v) is 8.33. The fourth-order valence-corrected chi connectivity index (χ4v) is 4.16. The Bertz CT molecular complexity index is 207. The van der Waals surface area contributed by atoms with E-state index in [1.165, 1.54) is 57.8 Å². The van der Waals surface area contributed by atoms with Crippen molar-refractivity contribution in [3.63, 3.8) is 0 Å². The van der Waals surface area contributed by atoms with Crippen molar-refractivity contribution in [1.82, 2.24) is 0 Å². The zero-order valence-corrected chi connectivity index (χ0v) is 12.6. The van der Waals surface area contributed by atoms with E-state index in [2.05, 4.69) is 29.5 Å². The van der Waals surface area contributed by atoms with Crippen LogP contribution >= 0.6 is 22.6 Å². The molecule has 2 saturated carbocycles. The molecular weight excluding hydrogens is 311 g/mol. The third kappa shape index (κ3) is 3.59. The number of halogens is 1. The van der Waals surface area contributed by atoms with Gasteiger partial charge in [0.2, 0.25) is 0 Å². The van der Waals surface area contributed by atoms with Gasteiger partial charge in [0.05, 0.1) is 12.2 Å². The Hall–Kier alpha value is 0.690. The molecule has 0 aromatic rings. The fraction of sp³-hybridized carbons (Fsp3) is 1.00. The van der Waals surface area contributed by atoms with Gasteiger partial charge in [-0.25, -0.2) is 0 Å². The van der Waals surface area contributed by atoms with Crippen LogP contribution in [0.1, 0.15) is 64.7 Å². The van der Waals surface area contributed by atoms with Gasteiger partial charge in [0, 0.05) is 3.92 Å². The van der Waals surface area contributed by atoms with E-state index in [0.29, 0.717) is 12.2 Å². The van der Waals surface area contributed by atoms with Crippen molar-refractivity contribution in [2.75, 3.05) is 0 Å². The second kappa shape index (κ2) is 6.58. The molecule has 0 saturated heterocycles. The third-order valence-corrected chi connectivity index (χ3v) is 5.73. The molecule has 1 nitrogen and oxygen atoms in total. The molecule has 2 aliphatic rings. The lowest BCUT2D eigenvalue weighted by atomic mass is 9.85. The molecule has 0 heterocycles. The van der Waals surface area contributed by atoms with Crippen LogP contribution in [0.2, 0.25) is 0 Å². The van der Waals surface area contributed by atoms with Crippen molar-refractivity contribution in [2.45, 2.75) is 80.8 Å². The van der Waals surface area contributed by atoms with Gasteiger partial charge in [0.25, 0.3) is 0 Å². The Morgan fingerprint density at radius 1 is 1.06 bits per heavy atom. The minimum absolute atomic E-state index is 0.565. The second-order valence-corrected chi connectivity index (χ2v) is 7.14. The van der Waals surface area contributed by atoms with E-state index in [1.54, 1.807) is 0 Å². The van der Waals surface area contributed by atoms with Gasteiger partial charge >= 0.3 is 0 Å². The number of alkyl halides is 1. The average molecular weight is 336 g/mol. The van der Waals surface area contributed by atoms with E-state index < -0.39 is 0 Å². The topological polar surface area (TPSA) is 9.23 Å². The maximum absolute atomic E-state index is 6.37. The van der Waals surface area contributed by atoms with Crippen molar-refractivity contribution in [1.29, 1.82) is 0 Å². The highest BCUT2D eigenvalue weighted by Crippen LogP contribution is 2.33. The van der Waals surface area contributed by atoms with Crippen molar-refractivity contribution < 1.29 is 4.74 Å². The fourth-order valence-electron chi connectivity index (χ4n) is 3.19. The smallest absolute Gasteiger partial charge is 0.0696 e. The highest BCUT2D eigenvalue weighted by molar-refractivity contribution is 14.1. The first kappa shape index (κ1) is 13.1. The summed E-state index contributed by atoms with van der Waals surface area (Å²) in [6.45, 7) is 2.33. The summed E-state index contributed by atoms with van der Waals surface area (Å²) in [5, 5.41) is 0. The molecule has 4 unspecified atom stereocenters. The molecule has 0 aromatic heterocycles. The molecular formula is C14H25IO. The number of rotatable bonds is 3. The van der Waals surface area contributed by atoms with Crippen LogP contribution in [-0.4, -0.2) is 16.1 Å². The number of hydrogen-bond acceptors (Lipinski definition) is 1. The van der Waals surface area contributed by atoms with E-state index >= 15 is 0 Å². The molecule has 0 spiro atoms. The van der Waals surface area contributed by atoms with Crippen molar-refractivity contribution in [2.24, 2.45) is 5.92 Å². The van der Waals surface area contributed by atoms with E-state index in [-0.39, 0.29) is 0 Å². The third-order valence-electron chi connectivity index (χ3n) is 4.30. The van der Waals surface area contributed by atoms with Crippen LogP contribution in [0.5, 0.6) is 0 Å². The van der Waals surface area contributed by atoms with Crippen molar-refractivity contribution in [3.8, 4) is 0 Å². The van der Waals surface area contributed by atoms with E-state index in [9.17, 15) is 0 Å². The summed E-state index contributed by atoms with van der Waals surface area (Å²) in [4.78, 5) is 0. The van der Waals surface area contributed by atoms with Gasteiger partial charge in [-0.05, 0) is 31.6 Å². The van der Waals surface area contributed by atoms with Crippen LogP contribution in [0.25, 0.3) is 0 Å². The summed E-state index contributed by atoms with van der Waals surface area (Å²) >= 11 is 2.60. The van der Waals surface area contributed by atoms with Crippen LogP contribution in [-0.2, 0) is 4.74 Å². The van der Waals surface area contributed by atoms with Gasteiger partial charge in [-0.2, -0.15) is 0 Å². The van der Waals surface area contributed by atoms with Gasteiger partial charge in [-0.1, -0.05) is 61.6 Å². The van der Waals surface area contributed by atoms with Crippen LogP contribution < -0.4 is 0 Å². The lowest BCUT2D eigenvalue weighted by Gasteiger charge is -2.35. The lowest BCUT2D eigenvalue weighted by Crippen LogP contribution is -2.34. The standard InChI is InChI=1S/C14H25IO/c1-2-11-6-5-7-12(10-11)16-14-9-4-3-8-13(14)15/h11-14H,2-10H2,1H3. The maximum atomic E-state index is 6.37. The molecule has 2 heteroatoms. The molecule has 0 amide bonds. The molecule has 94 valence electrons. The Morgan fingerprint density at radius 3 is 2.62 bits per heavy atom. The van der Waals surface area contributed by atoms with Crippen molar-refractivity contribution in [3.05, 3.63) is 0 Å². The van der Waals surface area contributed by atoms with Crippen molar-refractivity contribution >= 4 is 22.6 Å². The molecule has 16 heavy (non-hydrogen) atoms. The minimum Gasteiger partial charge on any atom is -0.374 e. The summed E-state index contributed by atoms with van der Waals surface area (Å²) in [6.07, 6.45) is 13.4. The van der Waals surface area contributed by atoms with Crippen LogP contribution in [0.15, 0.2) is 0 Å². The van der Waals surface area contributed by atoms with Crippen LogP contribution in [0, 0.1) is 5.92 Å². The highest BCUT2D eigenvalue weighted by Gasteiger charge is 2.28. The highest BCUT2D eigenvalue weighted by atomic mass is 127. The first-order valence-electron chi connectivity index (χ1n) is 7.09. The molecule has 0 N–H and O–H groups in total. The zero-order valence-electron chi connectivity index (χ0n) is 10.5. The summed E-state index contributed by atoms with van der Waals surface area (Å²) in [5.41, 5.74) is 0. The predicted molar refractivity (Wildman–Crippen MR) is 77.2 cm³/mol. The monoisotopic (exact) mass is 336 g/mol. The maximum Gasteiger partial charge on any atom is 0.0696 e. The van der Waals surface area contributed by atoms with Crippen LogP contribution in [0.3, 0.4) is 0 Å². The molecule has 4 atom stereocenters. The van der Waals surface area contributed by atoms with Gasteiger partial charge in [-0.3, -0.25) is 0 Å². The number of hydrogen-bond donors (Lipinski definition) is 0. The predicted octanol–water partition coefficient (Wildman–Crippen LogP) is 4.72. The summed E-state index contributed by atoms with van der Waals surface area (Å²) in [5.74, 6) is 0.940. The van der Waals surface area contributed by atoms with Gasteiger partial charge in [0.1, 0.15) is 0 Å². The largest absolute Gasteiger partial charge is 0.374 e. The molecule has 0 radical (unpaired) electrons. The molecule has 0 bridgehead atoms. The Balaban J connectivity index is 1.79. The van der Waals surface area contributed by atoms with E-state index in [0.717, 1.165) is 9.84 Å². The molecule has 2 aliphatic carbocycles.